The van der Waals surface area contributed by atoms with Crippen molar-refractivity contribution in [1.82, 2.24) is 9.88 Å². The van der Waals surface area contributed by atoms with Gasteiger partial charge in [-0.3, -0.25) is 4.79 Å². The molecule has 7 heteroatoms. The van der Waals surface area contributed by atoms with Gasteiger partial charge in [0.1, 0.15) is 0 Å². The molecule has 0 saturated heterocycles. The lowest BCUT2D eigenvalue weighted by atomic mass is 10.2. The summed E-state index contributed by atoms with van der Waals surface area (Å²) in [4.78, 5) is 17.6. The lowest BCUT2D eigenvalue weighted by molar-refractivity contribution is 0.0779. The van der Waals surface area contributed by atoms with E-state index in [1.165, 1.54) is 6.20 Å². The van der Waals surface area contributed by atoms with Crippen LogP contribution in [-0.2, 0) is 4.74 Å². The van der Waals surface area contributed by atoms with Gasteiger partial charge in [0.05, 0.1) is 10.6 Å². The van der Waals surface area contributed by atoms with E-state index in [9.17, 15) is 4.79 Å². The zero-order valence-electron chi connectivity index (χ0n) is 10.4. The molecule has 1 amide bonds. The summed E-state index contributed by atoms with van der Waals surface area (Å²) in [7, 11) is 3.35. The first kappa shape index (κ1) is 14.7. The summed E-state index contributed by atoms with van der Waals surface area (Å²) in [6.07, 6.45) is 2.22. The summed E-state index contributed by atoms with van der Waals surface area (Å²) in [5, 5.41) is 0.314. The molecule has 0 atom stereocenters. The quantitative estimate of drug-likeness (QED) is 0.461. The van der Waals surface area contributed by atoms with Crippen LogP contribution >= 0.6 is 11.6 Å². The Kier molecular flexibility index (Phi) is 5.84. The molecule has 3 N–H and O–H groups in total. The summed E-state index contributed by atoms with van der Waals surface area (Å²) in [6, 6.07) is 1.54. The van der Waals surface area contributed by atoms with Gasteiger partial charge in [-0.05, 0) is 12.5 Å². The number of nitrogens with one attached hydrogen (secondary N) is 1. The van der Waals surface area contributed by atoms with Crippen molar-refractivity contribution in [3.8, 4) is 0 Å². The third kappa shape index (κ3) is 3.83. The molecule has 0 aliphatic rings. The summed E-state index contributed by atoms with van der Waals surface area (Å²) in [5.74, 6) is 5.42. The molecule has 0 unspecified atom stereocenters. The number of ether oxygens (including phenoxy) is 1. The highest BCUT2D eigenvalue weighted by molar-refractivity contribution is 6.33. The summed E-state index contributed by atoms with van der Waals surface area (Å²) >= 11 is 5.91. The van der Waals surface area contributed by atoms with E-state index in [1.807, 2.05) is 0 Å². The second kappa shape index (κ2) is 7.15. The van der Waals surface area contributed by atoms with Crippen LogP contribution in [0.4, 0.5) is 5.82 Å². The fourth-order valence-electron chi connectivity index (χ4n) is 1.43. The number of pyridine rings is 1. The minimum Gasteiger partial charge on any atom is -0.385 e. The number of hydrogen-bond donors (Lipinski definition) is 2. The second-order valence-electron chi connectivity index (χ2n) is 3.77. The second-order valence-corrected chi connectivity index (χ2v) is 4.18. The topological polar surface area (TPSA) is 80.5 Å². The first-order valence-electron chi connectivity index (χ1n) is 5.46. The maximum absolute atomic E-state index is 12.0. The van der Waals surface area contributed by atoms with Crippen molar-refractivity contribution in [1.29, 1.82) is 0 Å². The van der Waals surface area contributed by atoms with E-state index in [0.717, 1.165) is 6.42 Å². The number of anilines is 1. The Labute approximate surface area is 111 Å². The van der Waals surface area contributed by atoms with Crippen LogP contribution < -0.4 is 11.3 Å². The van der Waals surface area contributed by atoms with Gasteiger partial charge in [0, 0.05) is 33.5 Å². The number of hydrogen-bond acceptors (Lipinski definition) is 5. The van der Waals surface area contributed by atoms with E-state index in [4.69, 9.17) is 22.2 Å². The molecule has 0 spiro atoms. The number of nitrogens with two attached hydrogens (primary N) is 1. The SMILES string of the molecule is COCCCN(C)C(=O)c1cnc(NN)c(Cl)c1. The van der Waals surface area contributed by atoms with Gasteiger partial charge in [-0.15, -0.1) is 0 Å². The van der Waals surface area contributed by atoms with Crippen LogP contribution in [-0.4, -0.2) is 43.1 Å². The minimum atomic E-state index is -0.135. The number of aromatic nitrogens is 1. The molecule has 1 heterocycles. The van der Waals surface area contributed by atoms with Crippen molar-refractivity contribution in [2.24, 2.45) is 5.84 Å². The van der Waals surface area contributed by atoms with Crippen LogP contribution in [0.15, 0.2) is 12.3 Å². The molecule has 100 valence electrons. The van der Waals surface area contributed by atoms with E-state index in [1.54, 1.807) is 25.1 Å². The lowest BCUT2D eigenvalue weighted by Gasteiger charge is -2.17. The largest absolute Gasteiger partial charge is 0.385 e. The standard InChI is InChI=1S/C11H17ClN4O2/c1-16(4-3-5-18-2)11(17)8-6-9(12)10(15-13)14-7-8/h6-7H,3-5,13H2,1-2H3,(H,14,15). The number of methoxy groups -OCH3 is 1. The first-order chi connectivity index (χ1) is 8.60. The molecule has 0 saturated carbocycles. The smallest absolute Gasteiger partial charge is 0.255 e. The number of nitrogen functional groups attached to an aromatic ring is 1. The van der Waals surface area contributed by atoms with Crippen LogP contribution in [0.2, 0.25) is 5.02 Å². The van der Waals surface area contributed by atoms with E-state index in [0.29, 0.717) is 29.6 Å². The molecule has 6 nitrogen and oxygen atoms in total. The monoisotopic (exact) mass is 272 g/mol. The number of carbonyl (C=O) groups is 1. The predicted octanol–water partition coefficient (Wildman–Crippen LogP) is 1.13. The normalized spacial score (nSPS) is 10.2. The Morgan fingerprint density at radius 3 is 2.94 bits per heavy atom. The summed E-state index contributed by atoms with van der Waals surface area (Å²) < 4.78 is 4.93. The molecule has 1 rings (SSSR count). The van der Waals surface area contributed by atoms with Crippen LogP contribution in [0.5, 0.6) is 0 Å². The molecule has 0 fully saturated rings. The Hall–Kier alpha value is -1.37. The minimum absolute atomic E-state index is 0.135. The third-order valence-corrected chi connectivity index (χ3v) is 2.70. The highest BCUT2D eigenvalue weighted by atomic mass is 35.5. The number of nitrogens with zero attached hydrogens (tertiary/aromatic N) is 2. The zero-order valence-corrected chi connectivity index (χ0v) is 11.2. The van der Waals surface area contributed by atoms with Crippen molar-refractivity contribution >= 4 is 23.3 Å². The molecule has 0 radical (unpaired) electrons. The number of rotatable bonds is 6. The predicted molar refractivity (Wildman–Crippen MR) is 70.5 cm³/mol. The number of halogens is 1. The van der Waals surface area contributed by atoms with Gasteiger partial charge in [0.15, 0.2) is 5.82 Å². The van der Waals surface area contributed by atoms with Crippen LogP contribution in [0.1, 0.15) is 16.8 Å². The first-order valence-corrected chi connectivity index (χ1v) is 5.84. The molecule has 0 aliphatic heterocycles. The maximum atomic E-state index is 12.0. The van der Waals surface area contributed by atoms with Gasteiger partial charge in [-0.2, -0.15) is 0 Å². The number of amides is 1. The van der Waals surface area contributed by atoms with Crippen molar-refractivity contribution in [3.05, 3.63) is 22.8 Å². The molecule has 1 aromatic rings. The molecule has 0 aromatic carbocycles. The summed E-state index contributed by atoms with van der Waals surface area (Å²) in [6.45, 7) is 1.23. The van der Waals surface area contributed by atoms with Crippen LogP contribution in [0.25, 0.3) is 0 Å². The van der Waals surface area contributed by atoms with Crippen LogP contribution in [0, 0.1) is 0 Å². The number of hydrazine groups is 1. The molecule has 0 bridgehead atoms. The van der Waals surface area contributed by atoms with Crippen molar-refractivity contribution in [3.63, 3.8) is 0 Å². The van der Waals surface area contributed by atoms with E-state index < -0.39 is 0 Å². The Morgan fingerprint density at radius 1 is 1.67 bits per heavy atom. The summed E-state index contributed by atoms with van der Waals surface area (Å²) in [5.41, 5.74) is 2.78. The Bertz CT molecular complexity index is 414. The van der Waals surface area contributed by atoms with Crippen molar-refractivity contribution in [2.45, 2.75) is 6.42 Å². The fraction of sp³-hybridized carbons (Fsp3) is 0.455. The third-order valence-electron chi connectivity index (χ3n) is 2.41. The van der Waals surface area contributed by atoms with Gasteiger partial charge in [0.25, 0.3) is 5.91 Å². The van der Waals surface area contributed by atoms with Crippen molar-refractivity contribution < 1.29 is 9.53 Å². The van der Waals surface area contributed by atoms with Gasteiger partial charge >= 0.3 is 0 Å². The van der Waals surface area contributed by atoms with Gasteiger partial charge in [-0.25, -0.2) is 10.8 Å². The van der Waals surface area contributed by atoms with E-state index >= 15 is 0 Å². The fourth-order valence-corrected chi connectivity index (χ4v) is 1.65. The molecule has 0 aliphatic carbocycles. The average Bonchev–Trinajstić information content (AvgIpc) is 2.38. The van der Waals surface area contributed by atoms with Crippen LogP contribution in [0.3, 0.4) is 0 Å². The molecule has 18 heavy (non-hydrogen) atoms. The Morgan fingerprint density at radius 2 is 2.39 bits per heavy atom. The zero-order chi connectivity index (χ0) is 13.5. The highest BCUT2D eigenvalue weighted by Crippen LogP contribution is 2.19. The highest BCUT2D eigenvalue weighted by Gasteiger charge is 2.13. The molecule has 1 aromatic heterocycles. The van der Waals surface area contributed by atoms with E-state index in [2.05, 4.69) is 10.4 Å². The van der Waals surface area contributed by atoms with E-state index in [-0.39, 0.29) is 5.91 Å². The average molecular weight is 273 g/mol. The van der Waals surface area contributed by atoms with Gasteiger partial charge < -0.3 is 15.1 Å². The Balaban J connectivity index is 2.68. The maximum Gasteiger partial charge on any atom is 0.255 e. The molecular formula is C11H17ClN4O2. The molecular weight excluding hydrogens is 256 g/mol. The number of carbonyl (C=O) groups excluding carboxylic acids is 1. The van der Waals surface area contributed by atoms with Gasteiger partial charge in [-0.1, -0.05) is 11.6 Å². The van der Waals surface area contributed by atoms with Crippen molar-refractivity contribution in [2.75, 3.05) is 32.7 Å². The lowest BCUT2D eigenvalue weighted by Crippen LogP contribution is -2.28. The van der Waals surface area contributed by atoms with Gasteiger partial charge in [0.2, 0.25) is 0 Å².